The van der Waals surface area contributed by atoms with E-state index in [0.717, 1.165) is 11.0 Å². The van der Waals surface area contributed by atoms with E-state index in [9.17, 15) is 0 Å². The minimum Gasteiger partial charge on any atom is -1.00 e. The van der Waals surface area contributed by atoms with Gasteiger partial charge in [0.1, 0.15) is 6.54 Å². The molecule has 0 saturated carbocycles. The predicted molar refractivity (Wildman–Crippen MR) is 83.5 cm³/mol. The highest BCUT2D eigenvalue weighted by Crippen LogP contribution is 2.16. The number of quaternary nitrogens is 1. The summed E-state index contributed by atoms with van der Waals surface area (Å²) in [6.45, 7) is 1.04. The summed E-state index contributed by atoms with van der Waals surface area (Å²) in [6.07, 6.45) is 4.38. The molecule has 2 aromatic carbocycles. The Labute approximate surface area is 128 Å². The largest absolute Gasteiger partial charge is 1.00 e. The van der Waals surface area contributed by atoms with Gasteiger partial charge < -0.3 is 16.9 Å². The maximum absolute atomic E-state index is 2.22. The maximum atomic E-state index is 2.22. The van der Waals surface area contributed by atoms with Gasteiger partial charge in [0.05, 0.1) is 21.1 Å². The van der Waals surface area contributed by atoms with E-state index < -0.39 is 0 Å². The van der Waals surface area contributed by atoms with Crippen LogP contribution in [0.15, 0.2) is 54.6 Å². The molecule has 0 aromatic heterocycles. The van der Waals surface area contributed by atoms with Gasteiger partial charge in [-0.25, -0.2) is 0 Å². The second-order valence-corrected chi connectivity index (χ2v) is 5.89. The van der Waals surface area contributed by atoms with Gasteiger partial charge in [0.25, 0.3) is 0 Å². The molecule has 0 fully saturated rings. The average molecular weight is 288 g/mol. The average Bonchev–Trinajstić information content (AvgIpc) is 2.37. The first kappa shape index (κ1) is 16.5. The summed E-state index contributed by atoms with van der Waals surface area (Å²) in [4.78, 5) is 0. The Kier molecular flexibility index (Phi) is 6.00. The molecule has 0 heterocycles. The first-order valence-corrected chi connectivity index (χ1v) is 6.66. The Hall–Kier alpha value is -1.57. The molecule has 1 nitrogen and oxygen atoms in total. The Morgan fingerprint density at radius 1 is 0.800 bits per heavy atom. The molecule has 0 atom stereocenters. The van der Waals surface area contributed by atoms with Crippen LogP contribution in [0.25, 0.3) is 12.2 Å². The van der Waals surface area contributed by atoms with E-state index >= 15 is 0 Å². The standard InChI is InChI=1S/C18H22N.ClH/c1-19(2,3)15-18-12-8-7-11-17(18)14-13-16-9-5-4-6-10-16;/h4-14H,15H2,1-3H3;1H/q+1;/p-1. The Morgan fingerprint density at radius 3 is 2.05 bits per heavy atom. The second kappa shape index (κ2) is 7.28. The molecule has 2 heteroatoms. The predicted octanol–water partition coefficient (Wildman–Crippen LogP) is 1.07. The summed E-state index contributed by atoms with van der Waals surface area (Å²) < 4.78 is 0.941. The van der Waals surface area contributed by atoms with Crippen molar-refractivity contribution in [3.8, 4) is 0 Å². The van der Waals surface area contributed by atoms with Crippen LogP contribution in [-0.4, -0.2) is 25.6 Å². The fourth-order valence-corrected chi connectivity index (χ4v) is 2.10. The van der Waals surface area contributed by atoms with E-state index in [4.69, 9.17) is 0 Å². The zero-order valence-electron chi connectivity index (χ0n) is 12.4. The highest BCUT2D eigenvalue weighted by Gasteiger charge is 2.10. The molecule has 20 heavy (non-hydrogen) atoms. The van der Waals surface area contributed by atoms with E-state index in [-0.39, 0.29) is 12.4 Å². The van der Waals surface area contributed by atoms with Gasteiger partial charge in [-0.1, -0.05) is 66.7 Å². The SMILES string of the molecule is C[N+](C)(C)Cc1ccccc1C=Cc1ccccc1.[Cl-]. The van der Waals surface area contributed by atoms with Crippen molar-refractivity contribution in [3.63, 3.8) is 0 Å². The fourth-order valence-electron chi connectivity index (χ4n) is 2.10. The van der Waals surface area contributed by atoms with Crippen molar-refractivity contribution in [2.24, 2.45) is 0 Å². The van der Waals surface area contributed by atoms with Gasteiger partial charge in [-0.2, -0.15) is 0 Å². The lowest BCUT2D eigenvalue weighted by Gasteiger charge is -2.24. The van der Waals surface area contributed by atoms with Gasteiger partial charge in [-0.15, -0.1) is 0 Å². The van der Waals surface area contributed by atoms with Crippen molar-refractivity contribution >= 4 is 12.2 Å². The summed E-state index contributed by atoms with van der Waals surface area (Å²) in [7, 11) is 6.66. The molecule has 0 bridgehead atoms. The first-order chi connectivity index (χ1) is 9.04. The first-order valence-electron chi connectivity index (χ1n) is 6.66. The summed E-state index contributed by atoms with van der Waals surface area (Å²) in [6, 6.07) is 19.0. The third-order valence-corrected chi connectivity index (χ3v) is 2.95. The summed E-state index contributed by atoms with van der Waals surface area (Å²) in [5.74, 6) is 0. The van der Waals surface area contributed by atoms with Crippen LogP contribution in [0.5, 0.6) is 0 Å². The van der Waals surface area contributed by atoms with E-state index in [1.54, 1.807) is 0 Å². The van der Waals surface area contributed by atoms with Crippen LogP contribution in [0.2, 0.25) is 0 Å². The Bertz CT molecular complexity index is 553. The molecule has 2 rings (SSSR count). The Balaban J connectivity index is 0.00000200. The molecule has 0 spiro atoms. The molecule has 106 valence electrons. The number of rotatable bonds is 4. The molecule has 2 aromatic rings. The van der Waals surface area contributed by atoms with E-state index in [1.165, 1.54) is 16.7 Å². The molecule has 0 saturated heterocycles. The van der Waals surface area contributed by atoms with Crippen LogP contribution < -0.4 is 12.4 Å². The normalized spacial score (nSPS) is 11.3. The van der Waals surface area contributed by atoms with Crippen LogP contribution in [0, 0.1) is 0 Å². The van der Waals surface area contributed by atoms with Crippen LogP contribution in [0.1, 0.15) is 16.7 Å². The lowest BCUT2D eigenvalue weighted by atomic mass is 10.0. The Morgan fingerprint density at radius 2 is 1.40 bits per heavy atom. The van der Waals surface area contributed by atoms with E-state index in [0.29, 0.717) is 0 Å². The molecular formula is C18H22ClN. The monoisotopic (exact) mass is 287 g/mol. The lowest BCUT2D eigenvalue weighted by molar-refractivity contribution is -0.884. The number of hydrogen-bond acceptors (Lipinski definition) is 0. The third kappa shape index (κ3) is 5.20. The van der Waals surface area contributed by atoms with Gasteiger partial charge in [0.2, 0.25) is 0 Å². The van der Waals surface area contributed by atoms with Gasteiger partial charge in [-0.3, -0.25) is 0 Å². The number of halogens is 1. The van der Waals surface area contributed by atoms with Gasteiger partial charge in [0, 0.05) is 5.56 Å². The molecule has 0 unspecified atom stereocenters. The summed E-state index contributed by atoms with van der Waals surface area (Å²) in [5, 5.41) is 0. The van der Waals surface area contributed by atoms with E-state index in [1.807, 2.05) is 6.07 Å². The number of nitrogens with zero attached hydrogens (tertiary/aromatic N) is 1. The molecule has 0 aliphatic heterocycles. The smallest absolute Gasteiger partial charge is 0.104 e. The molecule has 0 aliphatic rings. The summed E-state index contributed by atoms with van der Waals surface area (Å²) in [5.41, 5.74) is 3.93. The topological polar surface area (TPSA) is 0 Å². The van der Waals surface area contributed by atoms with Crippen molar-refractivity contribution in [3.05, 3.63) is 71.3 Å². The van der Waals surface area contributed by atoms with E-state index in [2.05, 4.69) is 81.8 Å². The van der Waals surface area contributed by atoms with Crippen molar-refractivity contribution < 1.29 is 16.9 Å². The number of benzene rings is 2. The van der Waals surface area contributed by atoms with Crippen molar-refractivity contribution in [2.75, 3.05) is 21.1 Å². The fraction of sp³-hybridized carbons (Fsp3) is 0.222. The van der Waals surface area contributed by atoms with Crippen molar-refractivity contribution in [1.82, 2.24) is 0 Å². The maximum Gasteiger partial charge on any atom is 0.104 e. The minimum atomic E-state index is 0. The van der Waals surface area contributed by atoms with Crippen LogP contribution in [0.3, 0.4) is 0 Å². The minimum absolute atomic E-state index is 0. The van der Waals surface area contributed by atoms with Crippen LogP contribution >= 0.6 is 0 Å². The number of hydrogen-bond donors (Lipinski definition) is 0. The summed E-state index contributed by atoms with van der Waals surface area (Å²) >= 11 is 0. The highest BCUT2D eigenvalue weighted by molar-refractivity contribution is 5.71. The molecule has 0 aliphatic carbocycles. The van der Waals surface area contributed by atoms with Crippen molar-refractivity contribution in [1.29, 1.82) is 0 Å². The zero-order chi connectivity index (χ0) is 13.7. The molecule has 0 amide bonds. The zero-order valence-corrected chi connectivity index (χ0v) is 13.1. The van der Waals surface area contributed by atoms with Crippen LogP contribution in [0.4, 0.5) is 0 Å². The molecule has 0 N–H and O–H groups in total. The third-order valence-electron chi connectivity index (χ3n) is 2.95. The molecular weight excluding hydrogens is 266 g/mol. The van der Waals surface area contributed by atoms with Crippen LogP contribution in [-0.2, 0) is 6.54 Å². The lowest BCUT2D eigenvalue weighted by Crippen LogP contribution is -3.00. The quantitative estimate of drug-likeness (QED) is 0.583. The van der Waals surface area contributed by atoms with Gasteiger partial charge >= 0.3 is 0 Å². The molecule has 0 radical (unpaired) electrons. The highest BCUT2D eigenvalue weighted by atomic mass is 35.5. The second-order valence-electron chi connectivity index (χ2n) is 5.89. The van der Waals surface area contributed by atoms with Gasteiger partial charge in [-0.05, 0) is 11.1 Å². The van der Waals surface area contributed by atoms with Crippen molar-refractivity contribution in [2.45, 2.75) is 6.54 Å². The van der Waals surface area contributed by atoms with Gasteiger partial charge in [0.15, 0.2) is 0 Å².